The Balaban J connectivity index is 2.02. The Kier molecular flexibility index (Phi) is 3.08. The smallest absolute Gasteiger partial charge is 0.167 e. The number of nitrogens with zero attached hydrogens (tertiary/aromatic N) is 4. The van der Waals surface area contributed by atoms with Crippen LogP contribution in [0.15, 0.2) is 6.33 Å². The van der Waals surface area contributed by atoms with Gasteiger partial charge < -0.3 is 15.6 Å². The molecule has 2 aromatic rings. The summed E-state index contributed by atoms with van der Waals surface area (Å²) < 4.78 is 7.54. The van der Waals surface area contributed by atoms with Crippen molar-refractivity contribution in [2.45, 2.75) is 31.8 Å². The molecule has 102 valence electrons. The van der Waals surface area contributed by atoms with Crippen LogP contribution in [0, 0.1) is 6.92 Å². The lowest BCUT2D eigenvalue weighted by Gasteiger charge is -2.13. The van der Waals surface area contributed by atoms with Gasteiger partial charge in [-0.05, 0) is 6.92 Å². The molecule has 0 amide bonds. The van der Waals surface area contributed by atoms with Crippen LogP contribution in [0.3, 0.4) is 0 Å². The van der Waals surface area contributed by atoms with Crippen molar-refractivity contribution >= 4 is 29.6 Å². The van der Waals surface area contributed by atoms with Crippen LogP contribution in [-0.4, -0.2) is 42.6 Å². The minimum absolute atomic E-state index is 0.272. The van der Waals surface area contributed by atoms with Gasteiger partial charge in [-0.3, -0.25) is 4.57 Å². The van der Waals surface area contributed by atoms with Gasteiger partial charge in [-0.15, -0.1) is 0 Å². The lowest BCUT2D eigenvalue weighted by atomic mass is 10.2. The first-order valence-electron chi connectivity index (χ1n) is 6.01. The number of thiol groups is 1. The summed E-state index contributed by atoms with van der Waals surface area (Å²) in [6.45, 7) is 1.77. The van der Waals surface area contributed by atoms with Gasteiger partial charge in [0.1, 0.15) is 17.6 Å². The molecule has 0 unspecified atom stereocenters. The van der Waals surface area contributed by atoms with E-state index in [1.54, 1.807) is 17.8 Å². The van der Waals surface area contributed by atoms with E-state index in [2.05, 4.69) is 27.6 Å². The highest BCUT2D eigenvalue weighted by molar-refractivity contribution is 7.80. The molecule has 0 aromatic carbocycles. The summed E-state index contributed by atoms with van der Waals surface area (Å²) in [4.78, 5) is 12.6. The van der Waals surface area contributed by atoms with Crippen LogP contribution in [-0.2, 0) is 4.74 Å². The second-order valence-corrected chi connectivity index (χ2v) is 4.96. The maximum atomic E-state index is 9.87. The molecule has 1 aliphatic rings. The number of nitrogens with two attached hydrogens (primary N) is 1. The molecule has 3 atom stereocenters. The summed E-state index contributed by atoms with van der Waals surface area (Å²) in [6.07, 6.45) is 1.00. The average Bonchev–Trinajstić information content (AvgIpc) is 2.92. The maximum absolute atomic E-state index is 9.87. The highest BCUT2D eigenvalue weighted by Crippen LogP contribution is 2.31. The van der Waals surface area contributed by atoms with E-state index in [-0.39, 0.29) is 12.3 Å². The van der Waals surface area contributed by atoms with Crippen molar-refractivity contribution < 1.29 is 9.84 Å². The van der Waals surface area contributed by atoms with Crippen LogP contribution in [0.1, 0.15) is 18.5 Å². The number of rotatable bonds is 2. The van der Waals surface area contributed by atoms with Gasteiger partial charge in [0, 0.05) is 12.2 Å². The van der Waals surface area contributed by atoms with Crippen molar-refractivity contribution in [3.05, 3.63) is 12.2 Å². The Hall–Kier alpha value is -1.38. The molecular weight excluding hydrogens is 266 g/mol. The monoisotopic (exact) mass is 281 g/mol. The molecule has 3 heterocycles. The zero-order valence-electron chi connectivity index (χ0n) is 10.4. The first-order chi connectivity index (χ1) is 9.10. The third-order valence-electron chi connectivity index (χ3n) is 3.25. The number of aryl methyl sites for hydroxylation is 1. The van der Waals surface area contributed by atoms with E-state index in [0.29, 0.717) is 35.0 Å². The Morgan fingerprint density at radius 3 is 3.05 bits per heavy atom. The van der Waals surface area contributed by atoms with Crippen molar-refractivity contribution in [1.82, 2.24) is 19.5 Å². The number of hydrogen-bond acceptors (Lipinski definition) is 7. The molecule has 1 saturated heterocycles. The van der Waals surface area contributed by atoms with E-state index in [4.69, 9.17) is 10.5 Å². The molecule has 0 saturated carbocycles. The zero-order chi connectivity index (χ0) is 13.6. The topological polar surface area (TPSA) is 99.1 Å². The number of aromatic nitrogens is 4. The Labute approximate surface area is 115 Å². The van der Waals surface area contributed by atoms with Gasteiger partial charge in [0.05, 0.1) is 18.5 Å². The lowest BCUT2D eigenvalue weighted by molar-refractivity contribution is -0.00354. The van der Waals surface area contributed by atoms with Gasteiger partial charge in [0.2, 0.25) is 0 Å². The van der Waals surface area contributed by atoms with Crippen molar-refractivity contribution in [3.8, 4) is 0 Å². The van der Waals surface area contributed by atoms with Crippen LogP contribution < -0.4 is 5.73 Å². The number of imidazole rings is 1. The second-order valence-electron chi connectivity index (χ2n) is 4.59. The highest BCUT2D eigenvalue weighted by atomic mass is 32.1. The fourth-order valence-electron chi connectivity index (χ4n) is 2.31. The molecule has 2 aromatic heterocycles. The van der Waals surface area contributed by atoms with Crippen molar-refractivity contribution in [1.29, 1.82) is 0 Å². The minimum Gasteiger partial charge on any atom is -0.390 e. The van der Waals surface area contributed by atoms with Gasteiger partial charge in [-0.1, -0.05) is 0 Å². The van der Waals surface area contributed by atoms with Gasteiger partial charge in [0.25, 0.3) is 0 Å². The Morgan fingerprint density at radius 1 is 1.58 bits per heavy atom. The number of nitrogen functional groups attached to an aromatic ring is 1. The van der Waals surface area contributed by atoms with Gasteiger partial charge in [0.15, 0.2) is 11.5 Å². The van der Waals surface area contributed by atoms with Gasteiger partial charge >= 0.3 is 0 Å². The van der Waals surface area contributed by atoms with E-state index in [1.165, 1.54) is 0 Å². The minimum atomic E-state index is -0.528. The fourth-order valence-corrected chi connectivity index (χ4v) is 2.64. The van der Waals surface area contributed by atoms with Crippen LogP contribution in [0.4, 0.5) is 5.82 Å². The molecule has 8 heteroatoms. The molecule has 7 nitrogen and oxygen atoms in total. The van der Waals surface area contributed by atoms with Gasteiger partial charge in [-0.2, -0.15) is 12.6 Å². The summed E-state index contributed by atoms with van der Waals surface area (Å²) >= 11 is 4.16. The standard InChI is InChI=1S/C11H15N5O2S/c1-5-14-10(12)9-11(15-5)16(4-13-9)8-2-6(17)7(3-19)18-8/h4,6-8,17,19H,2-3H2,1H3,(H2,12,14,15)/t6-,7+,8+/m0/s1. The number of aliphatic hydroxyl groups excluding tert-OH is 1. The van der Waals surface area contributed by atoms with Gasteiger partial charge in [-0.25, -0.2) is 15.0 Å². The maximum Gasteiger partial charge on any atom is 0.167 e. The summed E-state index contributed by atoms with van der Waals surface area (Å²) in [7, 11) is 0. The van der Waals surface area contributed by atoms with Crippen LogP contribution in [0.2, 0.25) is 0 Å². The average molecular weight is 281 g/mol. The van der Waals surface area contributed by atoms with Crippen molar-refractivity contribution in [2.24, 2.45) is 0 Å². The van der Waals surface area contributed by atoms with E-state index < -0.39 is 6.10 Å². The van der Waals surface area contributed by atoms with Crippen molar-refractivity contribution in [3.63, 3.8) is 0 Å². The predicted molar refractivity (Wildman–Crippen MR) is 72.9 cm³/mol. The summed E-state index contributed by atoms with van der Waals surface area (Å²) in [5, 5.41) is 9.87. The molecular formula is C11H15N5O2S. The SMILES string of the molecule is Cc1nc(N)c2ncn([C@H]3C[C@H](O)[C@@H](CS)O3)c2n1. The molecule has 0 spiro atoms. The van der Waals surface area contributed by atoms with Crippen molar-refractivity contribution in [2.75, 3.05) is 11.5 Å². The van der Waals surface area contributed by atoms with E-state index in [1.807, 2.05) is 0 Å². The first kappa shape index (κ1) is 12.6. The lowest BCUT2D eigenvalue weighted by Crippen LogP contribution is -2.22. The summed E-state index contributed by atoms with van der Waals surface area (Å²) in [6, 6.07) is 0. The zero-order valence-corrected chi connectivity index (χ0v) is 11.3. The third kappa shape index (κ3) is 2.05. The second kappa shape index (κ2) is 4.62. The first-order valence-corrected chi connectivity index (χ1v) is 6.64. The highest BCUT2D eigenvalue weighted by Gasteiger charge is 2.34. The molecule has 3 N–H and O–H groups in total. The van der Waals surface area contributed by atoms with Crippen LogP contribution in [0.25, 0.3) is 11.2 Å². The molecule has 1 aliphatic heterocycles. The van der Waals surface area contributed by atoms with E-state index >= 15 is 0 Å². The molecule has 3 rings (SSSR count). The fraction of sp³-hybridized carbons (Fsp3) is 0.545. The normalized spacial score (nSPS) is 27.2. The summed E-state index contributed by atoms with van der Waals surface area (Å²) in [5.74, 6) is 1.40. The molecule has 0 aliphatic carbocycles. The number of hydrogen-bond donors (Lipinski definition) is 3. The molecule has 19 heavy (non-hydrogen) atoms. The third-order valence-corrected chi connectivity index (χ3v) is 3.61. The number of ether oxygens (including phenoxy) is 1. The number of anilines is 1. The molecule has 0 bridgehead atoms. The van der Waals surface area contributed by atoms with E-state index in [0.717, 1.165) is 0 Å². The van der Waals surface area contributed by atoms with E-state index in [9.17, 15) is 5.11 Å². The van der Waals surface area contributed by atoms with Crippen LogP contribution >= 0.6 is 12.6 Å². The Morgan fingerprint density at radius 2 is 2.37 bits per heavy atom. The van der Waals surface area contributed by atoms with Crippen LogP contribution in [0.5, 0.6) is 0 Å². The largest absolute Gasteiger partial charge is 0.390 e. The summed E-state index contributed by atoms with van der Waals surface area (Å²) in [5.41, 5.74) is 7.00. The molecule has 0 radical (unpaired) electrons. The number of aliphatic hydroxyl groups is 1. The number of fused-ring (bicyclic) bond motifs is 1. The predicted octanol–water partition coefficient (Wildman–Crippen LogP) is 0.295. The Bertz CT molecular complexity index is 616. The molecule has 1 fully saturated rings. The quantitative estimate of drug-likeness (QED) is 0.685.